The number of rotatable bonds is 7. The molecule has 6 aromatic rings. The van der Waals surface area contributed by atoms with Crippen molar-refractivity contribution in [2.75, 3.05) is 6.54 Å². The number of aromatic nitrogens is 6. The lowest BCUT2D eigenvalue weighted by Crippen LogP contribution is -2.20. The van der Waals surface area contributed by atoms with Crippen LogP contribution in [0, 0.1) is 5.92 Å². The average molecular weight is 506 g/mol. The molecule has 0 unspecified atom stereocenters. The van der Waals surface area contributed by atoms with E-state index in [0.29, 0.717) is 0 Å². The number of fused-ring (bicyclic) bond motifs is 2. The Balaban J connectivity index is 1.20. The molecular weight excluding hydrogens is 478 g/mol. The first-order valence-corrected chi connectivity index (χ1v) is 13.7. The van der Waals surface area contributed by atoms with Gasteiger partial charge in [0.15, 0.2) is 0 Å². The highest BCUT2D eigenvalue weighted by molar-refractivity contribution is 7.13. The highest BCUT2D eigenvalue weighted by Gasteiger charge is 2.17. The molecule has 0 aromatic carbocycles. The maximum Gasteiger partial charge on any atom is 0.135 e. The summed E-state index contributed by atoms with van der Waals surface area (Å²) in [6.45, 7) is 1.91. The van der Waals surface area contributed by atoms with Crippen LogP contribution >= 0.6 is 11.3 Å². The lowest BCUT2D eigenvalue weighted by molar-refractivity contribution is 0.489. The number of aromatic amines is 2. The van der Waals surface area contributed by atoms with Crippen molar-refractivity contribution in [3.05, 3.63) is 72.0 Å². The van der Waals surface area contributed by atoms with Crippen LogP contribution in [0.15, 0.2) is 66.4 Å². The molecular formula is C29H27N7S. The maximum absolute atomic E-state index is 5.02. The molecule has 1 fully saturated rings. The average Bonchev–Trinajstić information content (AvgIpc) is 3.74. The summed E-state index contributed by atoms with van der Waals surface area (Å²) in [6, 6.07) is 14.5. The van der Waals surface area contributed by atoms with Gasteiger partial charge in [-0.25, -0.2) is 4.98 Å². The molecule has 184 valence electrons. The fourth-order valence-electron chi connectivity index (χ4n) is 5.40. The summed E-state index contributed by atoms with van der Waals surface area (Å²) in [4.78, 5) is 18.8. The molecule has 0 aliphatic heterocycles. The smallest absolute Gasteiger partial charge is 0.135 e. The Morgan fingerprint density at radius 1 is 1.00 bits per heavy atom. The van der Waals surface area contributed by atoms with Crippen molar-refractivity contribution in [2.45, 2.75) is 32.2 Å². The highest BCUT2D eigenvalue weighted by atomic mass is 32.1. The molecule has 7 nitrogen and oxygen atoms in total. The number of nitrogens with one attached hydrogen (secondary N) is 3. The van der Waals surface area contributed by atoms with Gasteiger partial charge in [0.2, 0.25) is 0 Å². The molecule has 6 heterocycles. The van der Waals surface area contributed by atoms with Crippen LogP contribution in [0.3, 0.4) is 0 Å². The van der Waals surface area contributed by atoms with Gasteiger partial charge in [-0.1, -0.05) is 18.9 Å². The Hall–Kier alpha value is -3.88. The van der Waals surface area contributed by atoms with Gasteiger partial charge in [0.1, 0.15) is 11.2 Å². The molecule has 0 amide bonds. The minimum atomic E-state index is 0.799. The Morgan fingerprint density at radius 2 is 1.95 bits per heavy atom. The van der Waals surface area contributed by atoms with Crippen molar-refractivity contribution in [3.8, 4) is 33.2 Å². The van der Waals surface area contributed by atoms with E-state index in [0.717, 1.165) is 74.2 Å². The fourth-order valence-corrected chi connectivity index (χ4v) is 6.13. The van der Waals surface area contributed by atoms with Crippen molar-refractivity contribution in [1.82, 2.24) is 35.5 Å². The summed E-state index contributed by atoms with van der Waals surface area (Å²) in [5.41, 5.74) is 8.53. The van der Waals surface area contributed by atoms with E-state index in [-0.39, 0.29) is 0 Å². The predicted octanol–water partition coefficient (Wildman–Crippen LogP) is 6.57. The molecule has 0 atom stereocenters. The third-order valence-corrected chi connectivity index (χ3v) is 8.17. The normalized spacial score (nSPS) is 14.3. The van der Waals surface area contributed by atoms with E-state index in [1.54, 1.807) is 11.3 Å². The van der Waals surface area contributed by atoms with Crippen LogP contribution in [0.25, 0.3) is 55.2 Å². The highest BCUT2D eigenvalue weighted by Crippen LogP contribution is 2.34. The van der Waals surface area contributed by atoms with E-state index in [9.17, 15) is 0 Å². The Morgan fingerprint density at radius 3 is 2.84 bits per heavy atom. The van der Waals surface area contributed by atoms with Crippen molar-refractivity contribution in [3.63, 3.8) is 0 Å². The summed E-state index contributed by atoms with van der Waals surface area (Å²) in [5, 5.41) is 14.5. The van der Waals surface area contributed by atoms with Gasteiger partial charge >= 0.3 is 0 Å². The summed E-state index contributed by atoms with van der Waals surface area (Å²) in [7, 11) is 0. The molecule has 6 aromatic heterocycles. The Labute approximate surface area is 218 Å². The lowest BCUT2D eigenvalue weighted by atomic mass is 10.1. The quantitative estimate of drug-likeness (QED) is 0.228. The summed E-state index contributed by atoms with van der Waals surface area (Å²) in [6.07, 6.45) is 11.1. The predicted molar refractivity (Wildman–Crippen MR) is 149 cm³/mol. The van der Waals surface area contributed by atoms with Crippen molar-refractivity contribution >= 4 is 33.3 Å². The van der Waals surface area contributed by atoms with E-state index in [1.165, 1.54) is 31.2 Å². The zero-order valence-corrected chi connectivity index (χ0v) is 21.2. The summed E-state index contributed by atoms with van der Waals surface area (Å²) in [5.74, 6) is 0.821. The molecule has 0 bridgehead atoms. The van der Waals surface area contributed by atoms with E-state index in [1.807, 2.05) is 36.8 Å². The van der Waals surface area contributed by atoms with Crippen LogP contribution in [0.5, 0.6) is 0 Å². The van der Waals surface area contributed by atoms with Gasteiger partial charge in [0.25, 0.3) is 0 Å². The first-order valence-electron chi connectivity index (χ1n) is 12.8. The SMILES string of the molecule is c1csc(-c2nccc3[nH]c(-c4n[nH]c5ccc(-c6cncc(CNCC7CCCC7)c6)nc45)cc23)c1. The Bertz CT molecular complexity index is 1680. The molecule has 37 heavy (non-hydrogen) atoms. The van der Waals surface area contributed by atoms with Gasteiger partial charge < -0.3 is 10.3 Å². The van der Waals surface area contributed by atoms with Crippen LogP contribution < -0.4 is 5.32 Å². The van der Waals surface area contributed by atoms with Crippen molar-refractivity contribution < 1.29 is 0 Å². The summed E-state index contributed by atoms with van der Waals surface area (Å²) < 4.78 is 0. The molecule has 8 heteroatoms. The monoisotopic (exact) mass is 505 g/mol. The van der Waals surface area contributed by atoms with Gasteiger partial charge in [-0.05, 0) is 72.6 Å². The first kappa shape index (κ1) is 22.3. The topological polar surface area (TPSA) is 95.2 Å². The molecule has 0 saturated heterocycles. The third kappa shape index (κ3) is 4.32. The fraction of sp³-hybridized carbons (Fsp3) is 0.241. The van der Waals surface area contributed by atoms with E-state index in [2.05, 4.69) is 60.1 Å². The lowest BCUT2D eigenvalue weighted by Gasteiger charge is -2.11. The number of hydrogen-bond acceptors (Lipinski definition) is 6. The van der Waals surface area contributed by atoms with Gasteiger partial charge in [-0.2, -0.15) is 5.10 Å². The van der Waals surface area contributed by atoms with E-state index >= 15 is 0 Å². The molecule has 3 N–H and O–H groups in total. The van der Waals surface area contributed by atoms with E-state index in [4.69, 9.17) is 4.98 Å². The zero-order chi connectivity index (χ0) is 24.6. The van der Waals surface area contributed by atoms with Crippen molar-refractivity contribution in [2.24, 2.45) is 5.92 Å². The number of H-pyrrole nitrogens is 2. The number of thiophene rings is 1. The number of nitrogens with zero attached hydrogens (tertiary/aromatic N) is 4. The van der Waals surface area contributed by atoms with Crippen LogP contribution in [0.2, 0.25) is 0 Å². The number of hydrogen-bond donors (Lipinski definition) is 3. The van der Waals surface area contributed by atoms with Gasteiger partial charge in [-0.15, -0.1) is 11.3 Å². The molecule has 1 aliphatic carbocycles. The van der Waals surface area contributed by atoms with Gasteiger partial charge in [-0.3, -0.25) is 15.1 Å². The Kier molecular flexibility index (Phi) is 5.75. The standard InChI is InChI=1S/C29H27N7S/c1-2-5-18(4-1)14-30-15-19-12-20(17-31-16-19)22-7-8-24-28(34-22)29(36-35-24)25-13-21-23(33-25)9-10-32-27(21)26-6-3-11-37-26/h3,6-13,16-18,30,33H,1-2,4-5,14-15H2,(H,35,36). The first-order chi connectivity index (χ1) is 18.3. The largest absolute Gasteiger partial charge is 0.353 e. The molecule has 1 saturated carbocycles. The molecule has 7 rings (SSSR count). The zero-order valence-electron chi connectivity index (χ0n) is 20.4. The number of pyridine rings is 3. The minimum Gasteiger partial charge on any atom is -0.353 e. The second-order valence-corrected chi connectivity index (χ2v) is 10.8. The van der Waals surface area contributed by atoms with Gasteiger partial charge in [0.05, 0.1) is 27.5 Å². The van der Waals surface area contributed by atoms with E-state index < -0.39 is 0 Å². The third-order valence-electron chi connectivity index (χ3n) is 7.29. The van der Waals surface area contributed by atoms with Crippen molar-refractivity contribution in [1.29, 1.82) is 0 Å². The van der Waals surface area contributed by atoms with Crippen LogP contribution in [-0.2, 0) is 6.54 Å². The minimum absolute atomic E-state index is 0.799. The van der Waals surface area contributed by atoms with Gasteiger partial charge in [0, 0.05) is 41.6 Å². The maximum atomic E-state index is 5.02. The molecule has 0 spiro atoms. The second kappa shape index (κ2) is 9.53. The van der Waals surface area contributed by atoms with Crippen LogP contribution in [0.1, 0.15) is 31.2 Å². The van der Waals surface area contributed by atoms with Crippen LogP contribution in [0.4, 0.5) is 0 Å². The molecule has 1 aliphatic rings. The molecule has 0 radical (unpaired) electrons. The van der Waals surface area contributed by atoms with Crippen LogP contribution in [-0.4, -0.2) is 36.7 Å². The summed E-state index contributed by atoms with van der Waals surface area (Å²) >= 11 is 1.69. The second-order valence-electron chi connectivity index (χ2n) is 9.81.